The van der Waals surface area contributed by atoms with Gasteiger partial charge in [-0.15, -0.1) is 0 Å². The molecule has 0 bridgehead atoms. The molecule has 2 aromatic heterocycles. The number of halogens is 2. The van der Waals surface area contributed by atoms with E-state index < -0.39 is 6.43 Å². The number of fused-ring (bicyclic) bond motifs is 1. The lowest BCUT2D eigenvalue weighted by molar-refractivity contribution is 0.142. The lowest BCUT2D eigenvalue weighted by Gasteiger charge is -2.32. The molecular formula is C21H23F2N5. The van der Waals surface area contributed by atoms with Gasteiger partial charge in [-0.1, -0.05) is 42.0 Å². The minimum absolute atomic E-state index is 0.123. The topological polar surface area (TPSA) is 46.3 Å². The van der Waals surface area contributed by atoms with Gasteiger partial charge in [0.05, 0.1) is 5.69 Å². The molecule has 1 atom stereocenters. The van der Waals surface area contributed by atoms with Crippen LogP contribution < -0.4 is 0 Å². The van der Waals surface area contributed by atoms with Crippen molar-refractivity contribution in [3.05, 3.63) is 65.2 Å². The van der Waals surface area contributed by atoms with Crippen LogP contribution in [0.1, 0.15) is 49.1 Å². The summed E-state index contributed by atoms with van der Waals surface area (Å²) < 4.78 is 28.0. The van der Waals surface area contributed by atoms with Crippen molar-refractivity contribution in [2.45, 2.75) is 32.1 Å². The fourth-order valence-electron chi connectivity index (χ4n) is 3.89. The third-order valence-corrected chi connectivity index (χ3v) is 5.13. The van der Waals surface area contributed by atoms with Crippen molar-refractivity contribution in [1.29, 1.82) is 0 Å². The average Bonchev–Trinajstić information content (AvgIpc) is 3.16. The van der Waals surface area contributed by atoms with Crippen molar-refractivity contribution < 1.29 is 8.78 Å². The number of alkyl halides is 2. The van der Waals surface area contributed by atoms with Crippen molar-refractivity contribution in [2.24, 2.45) is 0 Å². The number of nitrogens with zero attached hydrogens (tertiary/aromatic N) is 5. The smallest absolute Gasteiger partial charge is 0.280 e. The summed E-state index contributed by atoms with van der Waals surface area (Å²) in [7, 11) is 0. The normalized spacial score (nSPS) is 18.9. The fourth-order valence-corrected chi connectivity index (χ4v) is 3.89. The van der Waals surface area contributed by atoms with Crippen molar-refractivity contribution in [1.82, 2.24) is 24.5 Å². The lowest BCUT2D eigenvalue weighted by atomic mass is 9.93. The SMILES string of the molecule is CC(=Cc1ccccc1)CN1CCCC(c2cc(C(F)F)n3ncnc3n2)C1. The minimum atomic E-state index is -2.61. The van der Waals surface area contributed by atoms with Crippen LogP contribution >= 0.6 is 0 Å². The monoisotopic (exact) mass is 383 g/mol. The molecule has 1 aliphatic rings. The molecule has 4 rings (SSSR count). The maximum absolute atomic E-state index is 13.4. The summed E-state index contributed by atoms with van der Waals surface area (Å²) in [5, 5.41) is 3.87. The maximum Gasteiger partial charge on any atom is 0.280 e. The first-order valence-corrected chi connectivity index (χ1v) is 9.53. The van der Waals surface area contributed by atoms with Gasteiger partial charge in [-0.05, 0) is 37.9 Å². The van der Waals surface area contributed by atoms with Gasteiger partial charge in [0, 0.05) is 19.0 Å². The summed E-state index contributed by atoms with van der Waals surface area (Å²) >= 11 is 0. The van der Waals surface area contributed by atoms with Gasteiger partial charge in [-0.2, -0.15) is 14.6 Å². The molecule has 0 N–H and O–H groups in total. The second-order valence-corrected chi connectivity index (χ2v) is 7.35. The number of hydrogen-bond acceptors (Lipinski definition) is 4. The van der Waals surface area contributed by atoms with Crippen LogP contribution in [-0.2, 0) is 0 Å². The molecule has 5 nitrogen and oxygen atoms in total. The van der Waals surface area contributed by atoms with Crippen LogP contribution in [0.15, 0.2) is 48.3 Å². The molecule has 0 amide bonds. The Bertz CT molecular complexity index is 967. The molecule has 1 unspecified atom stereocenters. The van der Waals surface area contributed by atoms with Crippen LogP contribution in [-0.4, -0.2) is 44.1 Å². The summed E-state index contributed by atoms with van der Waals surface area (Å²) in [6.07, 6.45) is 2.81. The van der Waals surface area contributed by atoms with E-state index in [1.807, 2.05) is 18.2 Å². The summed E-state index contributed by atoms with van der Waals surface area (Å²) in [5.74, 6) is 0.363. The minimum Gasteiger partial charge on any atom is -0.299 e. The molecule has 1 fully saturated rings. The van der Waals surface area contributed by atoms with Crippen molar-refractivity contribution in [2.75, 3.05) is 19.6 Å². The first-order valence-electron chi connectivity index (χ1n) is 9.53. The quantitative estimate of drug-likeness (QED) is 0.657. The van der Waals surface area contributed by atoms with Gasteiger partial charge in [0.2, 0.25) is 0 Å². The summed E-state index contributed by atoms with van der Waals surface area (Å²) in [6, 6.07) is 11.7. The first-order chi connectivity index (χ1) is 13.6. The van der Waals surface area contributed by atoms with E-state index in [0.717, 1.165) is 37.0 Å². The Hall–Kier alpha value is -2.67. The number of rotatable bonds is 5. The molecule has 1 aromatic carbocycles. The van der Waals surface area contributed by atoms with Gasteiger partial charge in [0.25, 0.3) is 12.2 Å². The molecule has 28 heavy (non-hydrogen) atoms. The molecule has 0 radical (unpaired) electrons. The molecule has 3 aromatic rings. The molecule has 1 saturated heterocycles. The summed E-state index contributed by atoms with van der Waals surface area (Å²) in [4.78, 5) is 10.9. The molecule has 0 saturated carbocycles. The van der Waals surface area contributed by atoms with E-state index in [1.54, 1.807) is 0 Å². The predicted molar refractivity (Wildman–Crippen MR) is 104 cm³/mol. The second-order valence-electron chi connectivity index (χ2n) is 7.35. The fraction of sp³-hybridized carbons (Fsp3) is 0.381. The second kappa shape index (κ2) is 8.14. The molecule has 0 spiro atoms. The number of hydrogen-bond donors (Lipinski definition) is 0. The highest BCUT2D eigenvalue weighted by Crippen LogP contribution is 2.29. The van der Waals surface area contributed by atoms with E-state index in [2.05, 4.69) is 45.1 Å². The van der Waals surface area contributed by atoms with Crippen molar-refractivity contribution >= 4 is 11.9 Å². The van der Waals surface area contributed by atoms with Gasteiger partial charge in [-0.25, -0.2) is 13.8 Å². The van der Waals surface area contributed by atoms with Gasteiger partial charge in [0.15, 0.2) is 0 Å². The number of aromatic nitrogens is 4. The van der Waals surface area contributed by atoms with Crippen molar-refractivity contribution in [3.63, 3.8) is 0 Å². The summed E-state index contributed by atoms with van der Waals surface area (Å²) in [6.45, 7) is 4.80. The third-order valence-electron chi connectivity index (χ3n) is 5.13. The van der Waals surface area contributed by atoms with E-state index in [9.17, 15) is 8.78 Å². The van der Waals surface area contributed by atoms with Crippen LogP contribution in [0, 0.1) is 0 Å². The highest BCUT2D eigenvalue weighted by molar-refractivity contribution is 5.52. The van der Waals surface area contributed by atoms with Crippen LogP contribution in [0.5, 0.6) is 0 Å². The highest BCUT2D eigenvalue weighted by atomic mass is 19.3. The van der Waals surface area contributed by atoms with E-state index >= 15 is 0 Å². The Kier molecular flexibility index (Phi) is 5.43. The predicted octanol–water partition coefficient (Wildman–Crippen LogP) is 4.34. The van der Waals surface area contributed by atoms with Gasteiger partial charge < -0.3 is 0 Å². The van der Waals surface area contributed by atoms with E-state index in [-0.39, 0.29) is 17.4 Å². The lowest BCUT2D eigenvalue weighted by Crippen LogP contribution is -2.35. The Morgan fingerprint density at radius 1 is 1.29 bits per heavy atom. The molecular weight excluding hydrogens is 360 g/mol. The third kappa shape index (κ3) is 4.09. The molecule has 0 aliphatic carbocycles. The van der Waals surface area contributed by atoms with Crippen molar-refractivity contribution in [3.8, 4) is 0 Å². The van der Waals surface area contributed by atoms with Crippen LogP contribution in [0.3, 0.4) is 0 Å². The van der Waals surface area contributed by atoms with E-state index in [0.29, 0.717) is 5.69 Å². The van der Waals surface area contributed by atoms with Crippen LogP contribution in [0.4, 0.5) is 8.78 Å². The number of benzene rings is 1. The Morgan fingerprint density at radius 2 is 2.11 bits per heavy atom. The largest absolute Gasteiger partial charge is 0.299 e. The average molecular weight is 383 g/mol. The Morgan fingerprint density at radius 3 is 2.89 bits per heavy atom. The van der Waals surface area contributed by atoms with Gasteiger partial charge in [0.1, 0.15) is 12.0 Å². The zero-order valence-electron chi connectivity index (χ0n) is 15.8. The van der Waals surface area contributed by atoms with Crippen LogP contribution in [0.2, 0.25) is 0 Å². The Balaban J connectivity index is 1.51. The molecule has 7 heteroatoms. The zero-order valence-corrected chi connectivity index (χ0v) is 15.8. The number of likely N-dealkylation sites (tertiary alicyclic amines) is 1. The van der Waals surface area contributed by atoms with Gasteiger partial charge in [-0.3, -0.25) is 4.90 Å². The first kappa shape index (κ1) is 18.7. The standard InChI is InChI=1S/C21H23F2N5/c1-15(10-16-6-3-2-4-7-16)12-27-9-5-8-17(13-27)18-11-19(20(22)23)28-21(26-18)24-14-25-28/h2-4,6-7,10-11,14,17,20H,5,8-9,12-13H2,1H3. The van der Waals surface area contributed by atoms with Crippen LogP contribution in [0.25, 0.3) is 11.9 Å². The molecule has 146 valence electrons. The van der Waals surface area contributed by atoms with E-state index in [1.165, 1.54) is 23.5 Å². The van der Waals surface area contributed by atoms with E-state index in [4.69, 9.17) is 0 Å². The summed E-state index contributed by atoms with van der Waals surface area (Å²) in [5.41, 5.74) is 3.01. The Labute approximate surface area is 162 Å². The highest BCUT2D eigenvalue weighted by Gasteiger charge is 2.25. The molecule has 1 aliphatic heterocycles. The molecule has 3 heterocycles. The van der Waals surface area contributed by atoms with Gasteiger partial charge >= 0.3 is 0 Å². The maximum atomic E-state index is 13.4. The number of piperidine rings is 1. The zero-order chi connectivity index (χ0) is 19.5.